The van der Waals surface area contributed by atoms with Gasteiger partial charge < -0.3 is 28.8 Å². The van der Waals surface area contributed by atoms with Crippen molar-refractivity contribution in [1.82, 2.24) is 4.98 Å². The molecule has 10 heteroatoms. The van der Waals surface area contributed by atoms with Gasteiger partial charge in [-0.1, -0.05) is 27.2 Å². The molecule has 3 fully saturated rings. The number of oxazole rings is 1. The van der Waals surface area contributed by atoms with Crippen LogP contribution in [-0.4, -0.2) is 69.7 Å². The van der Waals surface area contributed by atoms with Crippen LogP contribution in [0.25, 0.3) is 6.08 Å². The highest BCUT2D eigenvalue weighted by Crippen LogP contribution is 2.45. The van der Waals surface area contributed by atoms with E-state index in [4.69, 9.17) is 18.6 Å². The molecule has 4 heterocycles. The zero-order valence-electron chi connectivity index (χ0n) is 22.8. The Morgan fingerprint density at radius 1 is 1.26 bits per heavy atom. The molecule has 1 aromatic heterocycles. The van der Waals surface area contributed by atoms with Crippen LogP contribution in [0.2, 0.25) is 0 Å². The summed E-state index contributed by atoms with van der Waals surface area (Å²) in [4.78, 5) is 30.6. The second kappa shape index (κ2) is 11.2. The first-order valence-electron chi connectivity index (χ1n) is 13.5. The Bertz CT molecular complexity index is 1050. The van der Waals surface area contributed by atoms with Crippen LogP contribution in [0.4, 0.5) is 4.39 Å². The van der Waals surface area contributed by atoms with Gasteiger partial charge in [0.2, 0.25) is 0 Å². The molecular weight excluding hydrogens is 497 g/mol. The van der Waals surface area contributed by atoms with Crippen LogP contribution in [0.3, 0.4) is 0 Å². The topological polar surface area (TPSA) is 135 Å². The van der Waals surface area contributed by atoms with Gasteiger partial charge in [0.25, 0.3) is 0 Å². The number of rotatable bonds is 4. The quantitative estimate of drug-likeness (QED) is 0.435. The molecule has 3 aliphatic heterocycles. The Balaban J connectivity index is 1.58. The monoisotopic (exact) mass is 537 g/mol. The lowest BCUT2D eigenvalue weighted by molar-refractivity contribution is -0.155. The minimum atomic E-state index is -1.39. The number of fused-ring (bicyclic) bond motifs is 1. The summed E-state index contributed by atoms with van der Waals surface area (Å²) in [5.74, 6) is -2.43. The smallest absolute Gasteiger partial charge is 0.309 e. The maximum absolute atomic E-state index is 15.3. The summed E-state index contributed by atoms with van der Waals surface area (Å²) in [5.41, 5.74) is -1.60. The van der Waals surface area contributed by atoms with Crippen molar-refractivity contribution in [3.63, 3.8) is 0 Å². The van der Waals surface area contributed by atoms with Crippen LogP contribution in [0.15, 0.2) is 16.5 Å². The van der Waals surface area contributed by atoms with Gasteiger partial charge >= 0.3 is 5.97 Å². The van der Waals surface area contributed by atoms with Crippen molar-refractivity contribution >= 4 is 17.8 Å². The number of epoxide rings is 2. The van der Waals surface area contributed by atoms with E-state index in [0.717, 1.165) is 12.5 Å². The molecule has 0 saturated carbocycles. The van der Waals surface area contributed by atoms with E-state index < -0.39 is 53.5 Å². The summed E-state index contributed by atoms with van der Waals surface area (Å²) >= 11 is 0. The van der Waals surface area contributed by atoms with E-state index in [2.05, 4.69) is 4.98 Å². The Morgan fingerprint density at radius 2 is 1.97 bits per heavy atom. The van der Waals surface area contributed by atoms with Crippen molar-refractivity contribution in [2.45, 2.75) is 109 Å². The van der Waals surface area contributed by atoms with Crippen molar-refractivity contribution in [2.24, 2.45) is 17.3 Å². The molecule has 0 radical (unpaired) electrons. The molecule has 8 unspecified atom stereocenters. The number of carbonyl (C=O) groups excluding carboxylic acids is 2. The number of aliphatic hydroxyl groups excluding tert-OH is 2. The van der Waals surface area contributed by atoms with Crippen molar-refractivity contribution in [3.8, 4) is 0 Å². The molecule has 2 N–H and O–H groups in total. The average Bonchev–Trinajstić information content (AvgIpc) is 3.74. The SMILES string of the molecule is Cc1nc(C=C(F)C2CC3OC3(C)CCCC(C)C(O)C(CC3CO3)C(=O)C(C)(C)C(O)CC(=O)O2)co1. The number of aryl methyl sites for hydroxylation is 1. The summed E-state index contributed by atoms with van der Waals surface area (Å²) in [5, 5.41) is 22.2. The molecule has 212 valence electrons. The maximum Gasteiger partial charge on any atom is 0.309 e. The van der Waals surface area contributed by atoms with Crippen LogP contribution < -0.4 is 0 Å². The van der Waals surface area contributed by atoms with Crippen LogP contribution in [0.1, 0.15) is 77.8 Å². The predicted octanol–water partition coefficient (Wildman–Crippen LogP) is 3.69. The first-order chi connectivity index (χ1) is 17.8. The minimum absolute atomic E-state index is 0.0987. The molecule has 9 nitrogen and oxygen atoms in total. The van der Waals surface area contributed by atoms with E-state index in [1.165, 1.54) is 6.26 Å². The van der Waals surface area contributed by atoms with Gasteiger partial charge in [0.05, 0.1) is 48.5 Å². The number of Topliss-reactive ketones (excluding diaryl/α,β-unsaturated/α-hetero) is 1. The molecule has 0 bridgehead atoms. The number of aliphatic hydroxyl groups is 2. The summed E-state index contributed by atoms with van der Waals surface area (Å²) < 4.78 is 37.2. The number of hydrogen-bond acceptors (Lipinski definition) is 9. The largest absolute Gasteiger partial charge is 0.455 e. The molecule has 3 aliphatic rings. The third-order valence-electron chi connectivity index (χ3n) is 8.38. The second-order valence-electron chi connectivity index (χ2n) is 11.9. The molecule has 0 spiro atoms. The van der Waals surface area contributed by atoms with Gasteiger partial charge in [-0.2, -0.15) is 0 Å². The highest BCUT2D eigenvalue weighted by Gasteiger charge is 2.53. The zero-order chi connectivity index (χ0) is 27.8. The maximum atomic E-state index is 15.3. The normalized spacial score (nSPS) is 38.8. The van der Waals surface area contributed by atoms with Gasteiger partial charge in [-0.3, -0.25) is 9.59 Å². The number of ketones is 1. The summed E-state index contributed by atoms with van der Waals surface area (Å²) in [6, 6.07) is 0. The number of halogens is 1. The lowest BCUT2D eigenvalue weighted by Gasteiger charge is -2.36. The number of carbonyl (C=O) groups is 2. The first-order valence-corrected chi connectivity index (χ1v) is 13.5. The van der Waals surface area contributed by atoms with E-state index in [1.54, 1.807) is 20.8 Å². The van der Waals surface area contributed by atoms with Crippen molar-refractivity contribution in [3.05, 3.63) is 23.7 Å². The van der Waals surface area contributed by atoms with Gasteiger partial charge in [-0.15, -0.1) is 0 Å². The number of cyclic esters (lactones) is 1. The fourth-order valence-corrected chi connectivity index (χ4v) is 5.39. The Morgan fingerprint density at radius 3 is 2.61 bits per heavy atom. The fourth-order valence-electron chi connectivity index (χ4n) is 5.39. The zero-order valence-corrected chi connectivity index (χ0v) is 22.8. The molecule has 38 heavy (non-hydrogen) atoms. The lowest BCUT2D eigenvalue weighted by atomic mass is 9.71. The molecule has 0 amide bonds. The van der Waals surface area contributed by atoms with Crippen molar-refractivity contribution in [1.29, 1.82) is 0 Å². The van der Waals surface area contributed by atoms with Gasteiger partial charge in [0, 0.05) is 25.3 Å². The van der Waals surface area contributed by atoms with Crippen molar-refractivity contribution in [2.75, 3.05) is 6.61 Å². The third kappa shape index (κ3) is 6.70. The number of aromatic nitrogens is 1. The summed E-state index contributed by atoms with van der Waals surface area (Å²) in [7, 11) is 0. The Kier molecular flexibility index (Phi) is 8.47. The van der Waals surface area contributed by atoms with Gasteiger partial charge in [-0.25, -0.2) is 9.37 Å². The lowest BCUT2D eigenvalue weighted by Crippen LogP contribution is -2.47. The highest BCUT2D eigenvalue weighted by molar-refractivity contribution is 5.88. The summed E-state index contributed by atoms with van der Waals surface area (Å²) in [6.07, 6.45) is 0.518. The van der Waals surface area contributed by atoms with Gasteiger partial charge in [0.1, 0.15) is 23.6 Å². The van der Waals surface area contributed by atoms with E-state index in [0.29, 0.717) is 31.8 Å². The number of ether oxygens (including phenoxy) is 3. The highest BCUT2D eigenvalue weighted by atomic mass is 19.1. The molecular formula is C28H40FNO8. The third-order valence-corrected chi connectivity index (χ3v) is 8.38. The fraction of sp³-hybridized carbons (Fsp3) is 0.750. The molecule has 1 aromatic rings. The predicted molar refractivity (Wildman–Crippen MR) is 134 cm³/mol. The number of esters is 1. The molecule has 4 rings (SSSR count). The molecule has 0 aliphatic carbocycles. The van der Waals surface area contributed by atoms with Gasteiger partial charge in [0.15, 0.2) is 12.0 Å². The van der Waals surface area contributed by atoms with E-state index in [9.17, 15) is 19.8 Å². The second-order valence-corrected chi connectivity index (χ2v) is 11.9. The van der Waals surface area contributed by atoms with Crippen LogP contribution in [-0.2, 0) is 23.8 Å². The molecule has 3 saturated heterocycles. The standard InChI is InChI=1S/C28H40FNO8/c1-15-7-6-8-28(5)23(38-28)11-21(20(29)9-17-13-35-16(2)30-17)37-24(32)12-22(31)27(3,4)26(34)19(25(15)33)10-18-14-36-18/h9,13,15,18-19,21-23,25,31,33H,6-8,10-12,14H2,1-5H3. The number of hydrogen-bond donors (Lipinski definition) is 2. The molecule has 0 aromatic carbocycles. The van der Waals surface area contributed by atoms with Gasteiger partial charge in [-0.05, 0) is 32.1 Å². The van der Waals surface area contributed by atoms with Crippen LogP contribution in [0, 0.1) is 24.2 Å². The van der Waals surface area contributed by atoms with E-state index in [-0.39, 0.29) is 36.0 Å². The minimum Gasteiger partial charge on any atom is -0.455 e. The Labute approximate surface area is 222 Å². The van der Waals surface area contributed by atoms with E-state index in [1.807, 2.05) is 13.8 Å². The first kappa shape index (κ1) is 28.9. The van der Waals surface area contributed by atoms with E-state index >= 15 is 4.39 Å². The summed E-state index contributed by atoms with van der Waals surface area (Å²) in [6.45, 7) is 9.14. The number of nitrogens with zero attached hydrogens (tertiary/aromatic N) is 1. The average molecular weight is 538 g/mol. The van der Waals surface area contributed by atoms with Crippen molar-refractivity contribution < 1.29 is 42.8 Å². The van der Waals surface area contributed by atoms with Crippen LogP contribution >= 0.6 is 0 Å². The molecule has 8 atom stereocenters. The Hall–Kier alpha value is -2.14. The van der Waals surface area contributed by atoms with Crippen LogP contribution in [0.5, 0.6) is 0 Å².